The van der Waals surface area contributed by atoms with Crippen molar-refractivity contribution in [2.24, 2.45) is 17.1 Å². The SMILES string of the molecule is NC(c1ccccc1)C1(C2CCCC2)C[CH]CCC1. The largest absolute Gasteiger partial charge is 0.323 e. The number of hydrogen-bond donors (Lipinski definition) is 1. The lowest BCUT2D eigenvalue weighted by Gasteiger charge is -2.47. The van der Waals surface area contributed by atoms with Gasteiger partial charge in [0.05, 0.1) is 0 Å². The van der Waals surface area contributed by atoms with Crippen molar-refractivity contribution in [3.05, 3.63) is 42.3 Å². The van der Waals surface area contributed by atoms with Crippen LogP contribution in [0.15, 0.2) is 30.3 Å². The molecule has 19 heavy (non-hydrogen) atoms. The van der Waals surface area contributed by atoms with Gasteiger partial charge in [0.15, 0.2) is 0 Å². The summed E-state index contributed by atoms with van der Waals surface area (Å²) in [5, 5.41) is 0. The molecule has 2 saturated carbocycles. The van der Waals surface area contributed by atoms with E-state index in [1.54, 1.807) is 0 Å². The van der Waals surface area contributed by atoms with Crippen LogP contribution in [0.4, 0.5) is 0 Å². The third-order valence-corrected chi connectivity index (χ3v) is 5.52. The molecule has 1 nitrogen and oxygen atoms in total. The second-order valence-electron chi connectivity index (χ2n) is 6.49. The number of hydrogen-bond acceptors (Lipinski definition) is 1. The Kier molecular flexibility index (Phi) is 3.93. The average molecular weight is 256 g/mol. The van der Waals surface area contributed by atoms with Crippen LogP contribution in [0.1, 0.15) is 63.0 Å². The lowest BCUT2D eigenvalue weighted by molar-refractivity contribution is 0.0841. The molecule has 2 aliphatic rings. The molecule has 1 heteroatoms. The Morgan fingerprint density at radius 2 is 1.79 bits per heavy atom. The first kappa shape index (κ1) is 13.2. The van der Waals surface area contributed by atoms with Crippen LogP contribution in [0.25, 0.3) is 0 Å². The first-order valence-corrected chi connectivity index (χ1v) is 7.95. The zero-order chi connectivity index (χ0) is 13.1. The lowest BCUT2D eigenvalue weighted by Crippen LogP contribution is -2.42. The molecule has 0 saturated heterocycles. The van der Waals surface area contributed by atoms with E-state index in [9.17, 15) is 0 Å². The third kappa shape index (κ3) is 2.45. The molecular weight excluding hydrogens is 230 g/mol. The molecule has 1 aromatic carbocycles. The molecule has 2 N–H and O–H groups in total. The maximum absolute atomic E-state index is 6.76. The van der Waals surface area contributed by atoms with Crippen molar-refractivity contribution in [1.82, 2.24) is 0 Å². The highest BCUT2D eigenvalue weighted by Gasteiger charge is 2.45. The smallest absolute Gasteiger partial charge is 0.0354 e. The molecule has 103 valence electrons. The fourth-order valence-electron chi connectivity index (χ4n) is 4.45. The van der Waals surface area contributed by atoms with E-state index in [0.29, 0.717) is 5.41 Å². The highest BCUT2D eigenvalue weighted by atomic mass is 14.7. The van der Waals surface area contributed by atoms with Crippen LogP contribution in [0.2, 0.25) is 0 Å². The Morgan fingerprint density at radius 1 is 1.05 bits per heavy atom. The second kappa shape index (κ2) is 5.66. The van der Waals surface area contributed by atoms with Crippen LogP contribution in [-0.4, -0.2) is 0 Å². The zero-order valence-corrected chi connectivity index (χ0v) is 11.9. The third-order valence-electron chi connectivity index (χ3n) is 5.52. The van der Waals surface area contributed by atoms with Crippen LogP contribution >= 0.6 is 0 Å². The van der Waals surface area contributed by atoms with Crippen molar-refractivity contribution in [2.75, 3.05) is 0 Å². The topological polar surface area (TPSA) is 26.0 Å². The van der Waals surface area contributed by atoms with E-state index >= 15 is 0 Å². The molecule has 2 unspecified atom stereocenters. The van der Waals surface area contributed by atoms with E-state index in [1.165, 1.54) is 56.9 Å². The summed E-state index contributed by atoms with van der Waals surface area (Å²) < 4.78 is 0. The van der Waals surface area contributed by atoms with Crippen LogP contribution in [0.5, 0.6) is 0 Å². The maximum atomic E-state index is 6.76. The highest BCUT2D eigenvalue weighted by Crippen LogP contribution is 2.54. The molecule has 3 rings (SSSR count). The van der Waals surface area contributed by atoms with Gasteiger partial charge >= 0.3 is 0 Å². The fraction of sp³-hybridized carbons (Fsp3) is 0.611. The van der Waals surface area contributed by atoms with Gasteiger partial charge in [-0.3, -0.25) is 0 Å². The molecule has 2 atom stereocenters. The molecule has 0 heterocycles. The van der Waals surface area contributed by atoms with Gasteiger partial charge in [0, 0.05) is 6.04 Å². The predicted molar refractivity (Wildman–Crippen MR) is 80.5 cm³/mol. The Balaban J connectivity index is 1.89. The molecule has 0 spiro atoms. The fourth-order valence-corrected chi connectivity index (χ4v) is 4.45. The summed E-state index contributed by atoms with van der Waals surface area (Å²) in [4.78, 5) is 0. The van der Waals surface area contributed by atoms with Crippen LogP contribution in [0.3, 0.4) is 0 Å². The monoisotopic (exact) mass is 256 g/mol. The summed E-state index contributed by atoms with van der Waals surface area (Å²) in [6.45, 7) is 0. The summed E-state index contributed by atoms with van der Waals surface area (Å²) >= 11 is 0. The first-order chi connectivity index (χ1) is 9.33. The Labute approximate surface area is 117 Å². The molecule has 0 aliphatic heterocycles. The molecule has 0 amide bonds. The maximum Gasteiger partial charge on any atom is 0.0354 e. The van der Waals surface area contributed by atoms with E-state index in [0.717, 1.165) is 5.92 Å². The molecule has 1 radical (unpaired) electrons. The van der Waals surface area contributed by atoms with Crippen LogP contribution in [0, 0.1) is 17.8 Å². The van der Waals surface area contributed by atoms with Crippen LogP contribution < -0.4 is 5.73 Å². The van der Waals surface area contributed by atoms with Crippen molar-refractivity contribution < 1.29 is 0 Å². The molecule has 1 aromatic rings. The van der Waals surface area contributed by atoms with E-state index in [4.69, 9.17) is 5.73 Å². The van der Waals surface area contributed by atoms with Gasteiger partial charge in [-0.2, -0.15) is 0 Å². The molecule has 2 fully saturated rings. The Bertz CT molecular complexity index is 385. The van der Waals surface area contributed by atoms with Gasteiger partial charge in [-0.25, -0.2) is 0 Å². The molecular formula is C18H26N. The van der Waals surface area contributed by atoms with Crippen molar-refractivity contribution >= 4 is 0 Å². The van der Waals surface area contributed by atoms with Gasteiger partial charge in [0.25, 0.3) is 0 Å². The minimum atomic E-state index is 0.216. The van der Waals surface area contributed by atoms with Gasteiger partial charge in [-0.1, -0.05) is 56.0 Å². The van der Waals surface area contributed by atoms with E-state index < -0.39 is 0 Å². The van der Waals surface area contributed by atoms with Gasteiger partial charge in [-0.15, -0.1) is 0 Å². The standard InChI is InChI=1S/C18H26N/c19-17(15-9-3-1-4-10-15)18(13-7-2-8-14-18)16-11-5-6-12-16/h1,3-4,7,9-10,16-17H,2,5-6,8,11-14,19H2. The highest BCUT2D eigenvalue weighted by molar-refractivity contribution is 5.22. The van der Waals surface area contributed by atoms with E-state index in [-0.39, 0.29) is 6.04 Å². The second-order valence-corrected chi connectivity index (χ2v) is 6.49. The number of nitrogens with two attached hydrogens (primary N) is 1. The molecule has 0 bridgehead atoms. The van der Waals surface area contributed by atoms with Crippen molar-refractivity contribution in [3.63, 3.8) is 0 Å². The van der Waals surface area contributed by atoms with E-state index in [1.807, 2.05) is 0 Å². The van der Waals surface area contributed by atoms with Crippen molar-refractivity contribution in [3.8, 4) is 0 Å². The first-order valence-electron chi connectivity index (χ1n) is 7.95. The normalized spacial score (nSPS) is 25.3. The Hall–Kier alpha value is -0.820. The van der Waals surface area contributed by atoms with Crippen LogP contribution in [-0.2, 0) is 0 Å². The number of rotatable bonds is 3. The quantitative estimate of drug-likeness (QED) is 0.837. The Morgan fingerprint density at radius 3 is 2.42 bits per heavy atom. The summed E-state index contributed by atoms with van der Waals surface area (Å²) in [5.74, 6) is 0.847. The molecule has 0 aromatic heterocycles. The minimum absolute atomic E-state index is 0.216. The van der Waals surface area contributed by atoms with Crippen molar-refractivity contribution in [2.45, 2.75) is 57.4 Å². The summed E-state index contributed by atoms with van der Waals surface area (Å²) in [7, 11) is 0. The van der Waals surface area contributed by atoms with Gasteiger partial charge in [0.1, 0.15) is 0 Å². The lowest BCUT2D eigenvalue weighted by atomic mass is 9.60. The average Bonchev–Trinajstić information content (AvgIpc) is 3.03. The number of benzene rings is 1. The summed E-state index contributed by atoms with van der Waals surface area (Å²) in [6.07, 6.45) is 13.3. The predicted octanol–water partition coefficient (Wildman–Crippen LogP) is 4.64. The van der Waals surface area contributed by atoms with Gasteiger partial charge < -0.3 is 5.73 Å². The summed E-state index contributed by atoms with van der Waals surface area (Å²) in [5.41, 5.74) is 8.45. The molecule has 2 aliphatic carbocycles. The summed E-state index contributed by atoms with van der Waals surface area (Å²) in [6, 6.07) is 11.0. The van der Waals surface area contributed by atoms with Gasteiger partial charge in [0.2, 0.25) is 0 Å². The van der Waals surface area contributed by atoms with E-state index in [2.05, 4.69) is 36.8 Å². The van der Waals surface area contributed by atoms with Crippen molar-refractivity contribution in [1.29, 1.82) is 0 Å². The minimum Gasteiger partial charge on any atom is -0.323 e. The zero-order valence-electron chi connectivity index (χ0n) is 11.9. The van der Waals surface area contributed by atoms with Gasteiger partial charge in [-0.05, 0) is 49.0 Å².